The molecule has 1 aromatic carbocycles. The van der Waals surface area contributed by atoms with Gasteiger partial charge in [0.25, 0.3) is 0 Å². The molecule has 2 unspecified atom stereocenters. The lowest BCUT2D eigenvalue weighted by atomic mass is 10.2. The van der Waals surface area contributed by atoms with Gasteiger partial charge in [-0.3, -0.25) is 0 Å². The Labute approximate surface area is 98.4 Å². The summed E-state index contributed by atoms with van der Waals surface area (Å²) in [4.78, 5) is 2.16. The summed E-state index contributed by atoms with van der Waals surface area (Å²) in [5, 5.41) is 0.370. The third kappa shape index (κ3) is 1.55. The maximum atomic E-state index is 13.6. The van der Waals surface area contributed by atoms with E-state index in [1.807, 2.05) is 24.9 Å². The van der Waals surface area contributed by atoms with Crippen molar-refractivity contribution >= 4 is 10.9 Å². The fourth-order valence-electron chi connectivity index (χ4n) is 2.49. The van der Waals surface area contributed by atoms with E-state index in [2.05, 4.69) is 4.90 Å². The van der Waals surface area contributed by atoms with Gasteiger partial charge in [0.05, 0.1) is 11.6 Å². The third-order valence-corrected chi connectivity index (χ3v) is 3.53. The van der Waals surface area contributed by atoms with Gasteiger partial charge in [-0.05, 0) is 38.7 Å². The van der Waals surface area contributed by atoms with Crippen molar-refractivity contribution in [2.24, 2.45) is 0 Å². The summed E-state index contributed by atoms with van der Waals surface area (Å²) in [6.07, 6.45) is 2.91. The molecule has 4 heteroatoms. The molecule has 17 heavy (non-hydrogen) atoms. The monoisotopic (exact) mass is 236 g/mol. The van der Waals surface area contributed by atoms with Crippen LogP contribution in [0.5, 0.6) is 0 Å². The lowest BCUT2D eigenvalue weighted by molar-refractivity contribution is 0.377. The smallest absolute Gasteiger partial charge is 0.168 e. The van der Waals surface area contributed by atoms with E-state index in [1.54, 1.807) is 12.1 Å². The van der Waals surface area contributed by atoms with Crippen molar-refractivity contribution < 1.29 is 8.78 Å². The predicted molar refractivity (Wildman–Crippen MR) is 63.0 cm³/mol. The summed E-state index contributed by atoms with van der Waals surface area (Å²) in [7, 11) is 4.08. The molecule has 90 valence electrons. The molecular formula is C13H14F2N2. The van der Waals surface area contributed by atoms with E-state index in [-0.39, 0.29) is 0 Å². The molecule has 0 spiro atoms. The molecule has 1 saturated carbocycles. The Morgan fingerprint density at radius 1 is 1.24 bits per heavy atom. The molecular weight excluding hydrogens is 222 g/mol. The van der Waals surface area contributed by atoms with Crippen molar-refractivity contribution in [2.45, 2.75) is 18.5 Å². The number of fused-ring (bicyclic) bond motifs is 1. The van der Waals surface area contributed by atoms with Crippen LogP contribution in [0.15, 0.2) is 24.4 Å². The minimum Gasteiger partial charge on any atom is -0.343 e. The van der Waals surface area contributed by atoms with Gasteiger partial charge in [0.2, 0.25) is 0 Å². The molecule has 0 saturated heterocycles. The summed E-state index contributed by atoms with van der Waals surface area (Å²) in [5.74, 6) is -1.53. The van der Waals surface area contributed by atoms with Crippen LogP contribution in [-0.4, -0.2) is 29.6 Å². The molecule has 0 radical (unpaired) electrons. The maximum absolute atomic E-state index is 13.6. The average molecular weight is 236 g/mol. The zero-order valence-corrected chi connectivity index (χ0v) is 9.82. The van der Waals surface area contributed by atoms with Crippen LogP contribution in [0.2, 0.25) is 0 Å². The first-order valence-electron chi connectivity index (χ1n) is 5.70. The molecule has 2 atom stereocenters. The fourth-order valence-corrected chi connectivity index (χ4v) is 2.49. The maximum Gasteiger partial charge on any atom is 0.168 e. The Bertz CT molecular complexity index is 574. The van der Waals surface area contributed by atoms with Crippen LogP contribution in [0, 0.1) is 11.6 Å². The van der Waals surface area contributed by atoms with Gasteiger partial charge in [0.1, 0.15) is 0 Å². The van der Waals surface area contributed by atoms with Crippen molar-refractivity contribution in [1.82, 2.24) is 9.47 Å². The van der Waals surface area contributed by atoms with E-state index < -0.39 is 11.6 Å². The molecule has 1 aliphatic carbocycles. The van der Waals surface area contributed by atoms with Gasteiger partial charge in [-0.15, -0.1) is 0 Å². The van der Waals surface area contributed by atoms with E-state index in [0.717, 1.165) is 11.9 Å². The zero-order chi connectivity index (χ0) is 12.2. The number of nitrogens with zero attached hydrogens (tertiary/aromatic N) is 2. The molecule has 1 aliphatic rings. The summed E-state index contributed by atoms with van der Waals surface area (Å²) < 4.78 is 28.7. The summed E-state index contributed by atoms with van der Waals surface area (Å²) in [6, 6.07) is 5.38. The minimum absolute atomic E-state index is 0.370. The SMILES string of the molecule is CN(C)C1CC1n1ccc2c(F)c(F)ccc21. The number of hydrogen-bond acceptors (Lipinski definition) is 1. The third-order valence-electron chi connectivity index (χ3n) is 3.53. The minimum atomic E-state index is -0.782. The first-order chi connectivity index (χ1) is 8.09. The number of likely N-dealkylation sites (N-methyl/N-ethyl adjacent to an activating group) is 1. The standard InChI is InChI=1S/C13H14F2N2/c1-16(2)11-7-12(11)17-6-5-8-10(17)4-3-9(14)13(8)15/h3-6,11-12H,7H2,1-2H3. The highest BCUT2D eigenvalue weighted by Gasteiger charge is 2.40. The van der Waals surface area contributed by atoms with E-state index in [0.29, 0.717) is 17.5 Å². The van der Waals surface area contributed by atoms with Crippen LogP contribution >= 0.6 is 0 Å². The lowest BCUT2D eigenvalue weighted by Gasteiger charge is -2.10. The van der Waals surface area contributed by atoms with Crippen molar-refractivity contribution in [1.29, 1.82) is 0 Å². The number of hydrogen-bond donors (Lipinski definition) is 0. The highest BCUT2D eigenvalue weighted by molar-refractivity contribution is 5.81. The van der Waals surface area contributed by atoms with Gasteiger partial charge in [-0.25, -0.2) is 8.78 Å². The Balaban J connectivity index is 2.06. The van der Waals surface area contributed by atoms with Crippen LogP contribution < -0.4 is 0 Å². The van der Waals surface area contributed by atoms with E-state index >= 15 is 0 Å². The Kier molecular flexibility index (Phi) is 2.23. The van der Waals surface area contributed by atoms with E-state index in [9.17, 15) is 8.78 Å². The van der Waals surface area contributed by atoms with Crippen LogP contribution in [0.1, 0.15) is 12.5 Å². The van der Waals surface area contributed by atoms with Gasteiger partial charge in [-0.2, -0.15) is 0 Å². The zero-order valence-electron chi connectivity index (χ0n) is 9.82. The van der Waals surface area contributed by atoms with Crippen LogP contribution in [0.4, 0.5) is 8.78 Å². The number of rotatable bonds is 2. The highest BCUT2D eigenvalue weighted by atomic mass is 19.2. The van der Waals surface area contributed by atoms with Gasteiger partial charge in [-0.1, -0.05) is 0 Å². The van der Waals surface area contributed by atoms with Crippen LogP contribution in [0.3, 0.4) is 0 Å². The second-order valence-corrected chi connectivity index (χ2v) is 4.85. The molecule has 0 N–H and O–H groups in total. The second kappa shape index (κ2) is 3.53. The van der Waals surface area contributed by atoms with Crippen LogP contribution in [-0.2, 0) is 0 Å². The molecule has 1 fully saturated rings. The van der Waals surface area contributed by atoms with Crippen molar-refractivity contribution in [3.8, 4) is 0 Å². The molecule has 1 heterocycles. The molecule has 3 rings (SSSR count). The van der Waals surface area contributed by atoms with E-state index in [4.69, 9.17) is 0 Å². The Morgan fingerprint density at radius 2 is 2.00 bits per heavy atom. The normalized spacial score (nSPS) is 23.6. The van der Waals surface area contributed by atoms with Crippen molar-refractivity contribution in [3.63, 3.8) is 0 Å². The number of benzene rings is 1. The van der Waals surface area contributed by atoms with Gasteiger partial charge in [0, 0.05) is 17.6 Å². The predicted octanol–water partition coefficient (Wildman–Crippen LogP) is 2.79. The topological polar surface area (TPSA) is 8.17 Å². The Morgan fingerprint density at radius 3 is 2.65 bits per heavy atom. The summed E-state index contributed by atoms with van der Waals surface area (Å²) in [5.41, 5.74) is 0.776. The fraction of sp³-hybridized carbons (Fsp3) is 0.385. The molecule has 2 nitrogen and oxygen atoms in total. The van der Waals surface area contributed by atoms with Crippen molar-refractivity contribution in [2.75, 3.05) is 14.1 Å². The quantitative estimate of drug-likeness (QED) is 0.778. The lowest BCUT2D eigenvalue weighted by Crippen LogP contribution is -2.17. The molecule has 0 aliphatic heterocycles. The summed E-state index contributed by atoms with van der Waals surface area (Å²) >= 11 is 0. The molecule has 0 bridgehead atoms. The number of halogens is 2. The average Bonchev–Trinajstić information content (AvgIpc) is 2.97. The molecule has 2 aromatic rings. The molecule has 0 amide bonds. The Hall–Kier alpha value is -1.42. The van der Waals surface area contributed by atoms with Gasteiger partial charge in [0.15, 0.2) is 11.6 Å². The highest BCUT2D eigenvalue weighted by Crippen LogP contribution is 2.41. The van der Waals surface area contributed by atoms with Gasteiger partial charge < -0.3 is 9.47 Å². The number of aromatic nitrogens is 1. The molecule has 1 aromatic heterocycles. The van der Waals surface area contributed by atoms with Crippen LogP contribution in [0.25, 0.3) is 10.9 Å². The van der Waals surface area contributed by atoms with E-state index in [1.165, 1.54) is 6.07 Å². The first-order valence-corrected chi connectivity index (χ1v) is 5.70. The first kappa shape index (κ1) is 10.7. The van der Waals surface area contributed by atoms with Crippen molar-refractivity contribution in [3.05, 3.63) is 36.0 Å². The largest absolute Gasteiger partial charge is 0.343 e. The second-order valence-electron chi connectivity index (χ2n) is 4.85. The summed E-state index contributed by atoms with van der Waals surface area (Å²) in [6.45, 7) is 0. The van der Waals surface area contributed by atoms with Gasteiger partial charge >= 0.3 is 0 Å².